The van der Waals surface area contributed by atoms with Crippen molar-refractivity contribution >= 4 is 21.8 Å². The van der Waals surface area contributed by atoms with Crippen LogP contribution in [0.3, 0.4) is 0 Å². The number of alkyl halides is 3. The SMILES string of the molecule is Cc1nc(-c2ccc(N3CC(CN(C)S(=O)(=O)c4cccc(C(F)(F)F)c4)OC3=O)cc2)no1. The van der Waals surface area contributed by atoms with E-state index >= 15 is 0 Å². The molecule has 180 valence electrons. The van der Waals surface area contributed by atoms with E-state index in [0.29, 0.717) is 29.0 Å². The lowest BCUT2D eigenvalue weighted by molar-refractivity contribution is -0.137. The molecule has 3 aromatic rings. The zero-order valence-electron chi connectivity index (χ0n) is 18.0. The van der Waals surface area contributed by atoms with Crippen LogP contribution in [0.1, 0.15) is 11.5 Å². The first-order chi connectivity index (χ1) is 15.9. The Morgan fingerprint density at radius 3 is 2.50 bits per heavy atom. The number of hydrogen-bond donors (Lipinski definition) is 0. The van der Waals surface area contributed by atoms with Gasteiger partial charge >= 0.3 is 12.3 Å². The van der Waals surface area contributed by atoms with Crippen LogP contribution in [0.4, 0.5) is 23.7 Å². The number of benzene rings is 2. The molecular formula is C21H19F3N4O5S. The summed E-state index contributed by atoms with van der Waals surface area (Å²) in [5.41, 5.74) is 0.122. The third-order valence-electron chi connectivity index (χ3n) is 5.17. The molecule has 2 aromatic carbocycles. The molecule has 2 heterocycles. The first-order valence-electron chi connectivity index (χ1n) is 9.97. The van der Waals surface area contributed by atoms with Gasteiger partial charge in [0, 0.05) is 25.2 Å². The molecule has 0 spiro atoms. The summed E-state index contributed by atoms with van der Waals surface area (Å²) in [5.74, 6) is 0.807. The van der Waals surface area contributed by atoms with E-state index in [1.807, 2.05) is 0 Å². The van der Waals surface area contributed by atoms with Gasteiger partial charge in [-0.1, -0.05) is 11.2 Å². The van der Waals surface area contributed by atoms with Crippen LogP contribution in [-0.2, 0) is 20.9 Å². The predicted octanol–water partition coefficient (Wildman–Crippen LogP) is 3.71. The number of anilines is 1. The minimum absolute atomic E-state index is 0.0575. The first kappa shape index (κ1) is 23.7. The van der Waals surface area contributed by atoms with Gasteiger partial charge < -0.3 is 9.26 Å². The lowest BCUT2D eigenvalue weighted by Crippen LogP contribution is -2.36. The summed E-state index contributed by atoms with van der Waals surface area (Å²) in [4.78, 5) is 17.3. The Balaban J connectivity index is 1.45. The number of halogens is 3. The number of sulfonamides is 1. The predicted molar refractivity (Wildman–Crippen MR) is 113 cm³/mol. The monoisotopic (exact) mass is 496 g/mol. The summed E-state index contributed by atoms with van der Waals surface area (Å²) in [6, 6.07) is 10.2. The summed E-state index contributed by atoms with van der Waals surface area (Å²) < 4.78 is 75.6. The average molecular weight is 496 g/mol. The zero-order chi connectivity index (χ0) is 24.7. The molecule has 1 amide bonds. The van der Waals surface area contributed by atoms with E-state index in [1.165, 1.54) is 11.9 Å². The van der Waals surface area contributed by atoms with Crippen molar-refractivity contribution in [2.75, 3.05) is 25.0 Å². The summed E-state index contributed by atoms with van der Waals surface area (Å²) in [7, 11) is -3.03. The van der Waals surface area contributed by atoms with Gasteiger partial charge in [0.15, 0.2) is 0 Å². The number of aryl methyl sites for hydroxylation is 1. The molecule has 1 fully saturated rings. The third kappa shape index (κ3) is 4.75. The van der Waals surface area contributed by atoms with E-state index in [1.54, 1.807) is 31.2 Å². The highest BCUT2D eigenvalue weighted by Gasteiger charge is 2.36. The Bertz CT molecular complexity index is 1310. The molecule has 0 radical (unpaired) electrons. The fourth-order valence-corrected chi connectivity index (χ4v) is 4.68. The standard InChI is InChI=1S/C21H19F3N4O5S/c1-13-25-19(26-33-13)14-6-8-16(9-7-14)28-12-17(32-20(28)29)11-27(2)34(30,31)18-5-3-4-15(10-18)21(22,23)24/h3-10,17H,11-12H2,1-2H3. The first-order valence-corrected chi connectivity index (χ1v) is 11.4. The number of likely N-dealkylation sites (N-methyl/N-ethyl adjacent to an activating group) is 1. The highest BCUT2D eigenvalue weighted by molar-refractivity contribution is 7.89. The number of amides is 1. The van der Waals surface area contributed by atoms with Crippen molar-refractivity contribution < 1.29 is 35.6 Å². The van der Waals surface area contributed by atoms with Gasteiger partial charge in [-0.3, -0.25) is 4.90 Å². The van der Waals surface area contributed by atoms with E-state index in [2.05, 4.69) is 10.1 Å². The summed E-state index contributed by atoms with van der Waals surface area (Å²) in [6.07, 6.45) is -6.17. The second-order valence-electron chi connectivity index (χ2n) is 7.61. The molecule has 1 aliphatic heterocycles. The van der Waals surface area contributed by atoms with E-state index in [-0.39, 0.29) is 13.1 Å². The Hall–Kier alpha value is -3.45. The number of cyclic esters (lactones) is 1. The number of carbonyl (C=O) groups excluding carboxylic acids is 1. The summed E-state index contributed by atoms with van der Waals surface area (Å²) >= 11 is 0. The molecule has 1 saturated heterocycles. The van der Waals surface area contributed by atoms with Crippen LogP contribution in [0.25, 0.3) is 11.4 Å². The van der Waals surface area contributed by atoms with Crippen LogP contribution >= 0.6 is 0 Å². The normalized spacial score (nSPS) is 16.8. The second-order valence-corrected chi connectivity index (χ2v) is 9.66. The number of aromatic nitrogens is 2. The van der Waals surface area contributed by atoms with Crippen LogP contribution < -0.4 is 4.90 Å². The molecular weight excluding hydrogens is 477 g/mol. The number of nitrogens with zero attached hydrogens (tertiary/aromatic N) is 4. The van der Waals surface area contributed by atoms with E-state index in [0.717, 1.165) is 22.5 Å². The minimum Gasteiger partial charge on any atom is -0.443 e. The van der Waals surface area contributed by atoms with Crippen LogP contribution in [0, 0.1) is 6.92 Å². The average Bonchev–Trinajstić information content (AvgIpc) is 3.38. The lowest BCUT2D eigenvalue weighted by Gasteiger charge is -2.20. The Labute approximate surface area is 192 Å². The van der Waals surface area contributed by atoms with Gasteiger partial charge in [0.05, 0.1) is 23.5 Å². The molecule has 13 heteroatoms. The highest BCUT2D eigenvalue weighted by atomic mass is 32.2. The van der Waals surface area contributed by atoms with Crippen LogP contribution in [-0.4, -0.2) is 55.2 Å². The summed E-state index contributed by atoms with van der Waals surface area (Å²) in [5, 5.41) is 3.82. The second kappa shape index (κ2) is 8.72. The van der Waals surface area contributed by atoms with Gasteiger partial charge in [-0.05, 0) is 42.5 Å². The maximum Gasteiger partial charge on any atom is 0.416 e. The van der Waals surface area contributed by atoms with E-state index in [4.69, 9.17) is 9.26 Å². The van der Waals surface area contributed by atoms with Crippen molar-refractivity contribution in [1.29, 1.82) is 0 Å². The van der Waals surface area contributed by atoms with Crippen molar-refractivity contribution in [3.63, 3.8) is 0 Å². The molecule has 1 aliphatic rings. The molecule has 0 saturated carbocycles. The van der Waals surface area contributed by atoms with Crippen molar-refractivity contribution in [2.45, 2.75) is 24.1 Å². The van der Waals surface area contributed by atoms with Crippen molar-refractivity contribution in [3.8, 4) is 11.4 Å². The van der Waals surface area contributed by atoms with Gasteiger partial charge in [0.25, 0.3) is 0 Å². The van der Waals surface area contributed by atoms with Gasteiger partial charge in [0.2, 0.25) is 21.7 Å². The number of ether oxygens (including phenoxy) is 1. The maximum atomic E-state index is 13.0. The van der Waals surface area contributed by atoms with Crippen LogP contribution in [0.5, 0.6) is 0 Å². The molecule has 0 bridgehead atoms. The number of rotatable bonds is 6. The zero-order valence-corrected chi connectivity index (χ0v) is 18.8. The van der Waals surface area contributed by atoms with E-state index < -0.39 is 38.9 Å². The van der Waals surface area contributed by atoms with Crippen LogP contribution in [0.15, 0.2) is 57.9 Å². The lowest BCUT2D eigenvalue weighted by atomic mass is 10.2. The van der Waals surface area contributed by atoms with Gasteiger partial charge in [-0.15, -0.1) is 0 Å². The highest BCUT2D eigenvalue weighted by Crippen LogP contribution is 2.31. The fraction of sp³-hybridized carbons (Fsp3) is 0.286. The number of hydrogen-bond acceptors (Lipinski definition) is 7. The maximum absolute atomic E-state index is 13.0. The molecule has 1 unspecified atom stereocenters. The smallest absolute Gasteiger partial charge is 0.416 e. The fourth-order valence-electron chi connectivity index (χ4n) is 3.43. The van der Waals surface area contributed by atoms with Gasteiger partial charge in [0.1, 0.15) is 6.10 Å². The van der Waals surface area contributed by atoms with Gasteiger partial charge in [-0.2, -0.15) is 22.5 Å². The van der Waals surface area contributed by atoms with Crippen LogP contribution in [0.2, 0.25) is 0 Å². The van der Waals surface area contributed by atoms with Crippen molar-refractivity contribution in [2.24, 2.45) is 0 Å². The summed E-state index contributed by atoms with van der Waals surface area (Å²) in [6.45, 7) is 1.48. The quantitative estimate of drug-likeness (QED) is 0.512. The number of carbonyl (C=O) groups is 1. The molecule has 9 nitrogen and oxygen atoms in total. The van der Waals surface area contributed by atoms with E-state index in [9.17, 15) is 26.4 Å². The van der Waals surface area contributed by atoms with Crippen molar-refractivity contribution in [3.05, 3.63) is 60.0 Å². The Morgan fingerprint density at radius 1 is 1.18 bits per heavy atom. The third-order valence-corrected chi connectivity index (χ3v) is 6.99. The molecule has 1 aromatic heterocycles. The van der Waals surface area contributed by atoms with Gasteiger partial charge in [-0.25, -0.2) is 13.2 Å². The Morgan fingerprint density at radius 2 is 1.88 bits per heavy atom. The molecule has 0 N–H and O–H groups in total. The Kier molecular flexibility index (Phi) is 6.08. The molecule has 0 aliphatic carbocycles. The van der Waals surface area contributed by atoms with Crippen molar-refractivity contribution in [1.82, 2.24) is 14.4 Å². The molecule has 4 rings (SSSR count). The largest absolute Gasteiger partial charge is 0.443 e. The minimum atomic E-state index is -4.68. The molecule has 34 heavy (non-hydrogen) atoms. The topological polar surface area (TPSA) is 106 Å². The molecule has 1 atom stereocenters.